The number of ether oxygens (including phenoxy) is 1. The van der Waals surface area contributed by atoms with E-state index in [4.69, 9.17) is 4.74 Å². The van der Waals surface area contributed by atoms with Crippen LogP contribution < -0.4 is 5.32 Å². The fraction of sp³-hybridized carbons (Fsp3) is 0.222. The molecule has 1 amide bonds. The molecule has 0 aliphatic rings. The Morgan fingerprint density at radius 3 is 2.46 bits per heavy atom. The van der Waals surface area contributed by atoms with Crippen molar-refractivity contribution in [2.75, 3.05) is 12.4 Å². The summed E-state index contributed by atoms with van der Waals surface area (Å²) in [5.74, 6) is -0.554. The number of hydrogen-bond donors (Lipinski definition) is 1. The van der Waals surface area contributed by atoms with Gasteiger partial charge in [-0.15, -0.1) is 11.8 Å². The predicted molar refractivity (Wildman–Crippen MR) is 98.8 cm³/mol. The number of thioether (sulfide) groups is 1. The molecule has 1 atom stereocenters. The SMILES string of the molecule is C[C@H](NC(=O)COC(=O)CSc1ccc(Br)cc1)c1ccccc1. The molecule has 24 heavy (non-hydrogen) atoms. The van der Waals surface area contributed by atoms with E-state index < -0.39 is 5.97 Å². The minimum absolute atomic E-state index is 0.130. The van der Waals surface area contributed by atoms with E-state index in [1.54, 1.807) is 0 Å². The van der Waals surface area contributed by atoms with E-state index in [1.165, 1.54) is 11.8 Å². The largest absolute Gasteiger partial charge is 0.455 e. The molecule has 0 heterocycles. The smallest absolute Gasteiger partial charge is 0.316 e. The zero-order valence-corrected chi connectivity index (χ0v) is 15.6. The van der Waals surface area contributed by atoms with Crippen LogP contribution in [0.4, 0.5) is 0 Å². The molecule has 0 spiro atoms. The van der Waals surface area contributed by atoms with Crippen LogP contribution in [-0.4, -0.2) is 24.2 Å². The molecule has 0 saturated heterocycles. The molecule has 0 fully saturated rings. The van der Waals surface area contributed by atoms with E-state index in [-0.39, 0.29) is 24.3 Å². The van der Waals surface area contributed by atoms with Gasteiger partial charge in [0.1, 0.15) is 0 Å². The van der Waals surface area contributed by atoms with Gasteiger partial charge in [-0.25, -0.2) is 0 Å². The molecule has 0 bridgehead atoms. The van der Waals surface area contributed by atoms with E-state index in [1.807, 2.05) is 61.5 Å². The van der Waals surface area contributed by atoms with Crippen molar-refractivity contribution in [1.82, 2.24) is 5.32 Å². The molecule has 0 aliphatic heterocycles. The van der Waals surface area contributed by atoms with Gasteiger partial charge in [0.15, 0.2) is 6.61 Å². The molecular weight excluding hydrogens is 390 g/mol. The topological polar surface area (TPSA) is 55.4 Å². The third kappa shape index (κ3) is 6.37. The lowest BCUT2D eigenvalue weighted by molar-refractivity contribution is -0.146. The average molecular weight is 408 g/mol. The lowest BCUT2D eigenvalue weighted by Gasteiger charge is -2.14. The van der Waals surface area contributed by atoms with Crippen LogP contribution in [0.15, 0.2) is 64.0 Å². The Morgan fingerprint density at radius 1 is 1.12 bits per heavy atom. The van der Waals surface area contributed by atoms with Crippen molar-refractivity contribution in [1.29, 1.82) is 0 Å². The van der Waals surface area contributed by atoms with Gasteiger partial charge in [-0.05, 0) is 36.8 Å². The van der Waals surface area contributed by atoms with Gasteiger partial charge in [-0.2, -0.15) is 0 Å². The minimum atomic E-state index is -0.412. The van der Waals surface area contributed by atoms with E-state index in [9.17, 15) is 9.59 Å². The first-order valence-corrected chi connectivity index (χ1v) is 9.21. The van der Waals surface area contributed by atoms with E-state index in [0.29, 0.717) is 0 Å². The highest BCUT2D eigenvalue weighted by atomic mass is 79.9. The molecule has 0 saturated carbocycles. The summed E-state index contributed by atoms with van der Waals surface area (Å²) in [7, 11) is 0. The second-order valence-corrected chi connectivity index (χ2v) is 7.07. The Balaban J connectivity index is 1.69. The standard InChI is InChI=1S/C18H18BrNO3S/c1-13(14-5-3-2-4-6-14)20-17(21)11-23-18(22)12-24-16-9-7-15(19)8-10-16/h2-10,13H,11-12H2,1H3,(H,20,21)/t13-/m0/s1. The summed E-state index contributed by atoms with van der Waals surface area (Å²) in [5, 5.41) is 2.80. The van der Waals surface area contributed by atoms with E-state index in [0.717, 1.165) is 14.9 Å². The quantitative estimate of drug-likeness (QED) is 0.557. The Bertz CT molecular complexity index is 676. The van der Waals surface area contributed by atoms with Crippen LogP contribution in [0.5, 0.6) is 0 Å². The Labute approximate surface area is 154 Å². The summed E-state index contributed by atoms with van der Waals surface area (Å²) in [6, 6.07) is 17.1. The first-order valence-electron chi connectivity index (χ1n) is 7.43. The average Bonchev–Trinajstić information content (AvgIpc) is 2.60. The number of nitrogens with one attached hydrogen (secondary N) is 1. The van der Waals surface area contributed by atoms with Crippen molar-refractivity contribution in [3.05, 3.63) is 64.6 Å². The van der Waals surface area contributed by atoms with Gasteiger partial charge in [0.2, 0.25) is 0 Å². The van der Waals surface area contributed by atoms with Crippen LogP contribution in [-0.2, 0) is 14.3 Å². The maximum Gasteiger partial charge on any atom is 0.316 e. The van der Waals surface area contributed by atoms with Crippen molar-refractivity contribution < 1.29 is 14.3 Å². The molecule has 6 heteroatoms. The molecule has 2 aromatic rings. The van der Waals surface area contributed by atoms with Crippen LogP contribution in [0, 0.1) is 0 Å². The number of halogens is 1. The highest BCUT2D eigenvalue weighted by Gasteiger charge is 2.12. The third-order valence-electron chi connectivity index (χ3n) is 3.21. The second-order valence-electron chi connectivity index (χ2n) is 5.10. The number of carbonyl (C=O) groups is 2. The van der Waals surface area contributed by atoms with Gasteiger partial charge in [-0.3, -0.25) is 9.59 Å². The molecular formula is C18H18BrNO3S. The molecule has 126 valence electrons. The highest BCUT2D eigenvalue weighted by Crippen LogP contribution is 2.20. The molecule has 1 N–H and O–H groups in total. The lowest BCUT2D eigenvalue weighted by atomic mass is 10.1. The Morgan fingerprint density at radius 2 is 1.79 bits per heavy atom. The number of carbonyl (C=O) groups excluding carboxylic acids is 2. The first kappa shape index (κ1) is 18.5. The van der Waals surface area contributed by atoms with Crippen LogP contribution in [0.1, 0.15) is 18.5 Å². The van der Waals surface area contributed by atoms with Crippen LogP contribution in [0.25, 0.3) is 0 Å². The lowest BCUT2D eigenvalue weighted by Crippen LogP contribution is -2.31. The van der Waals surface area contributed by atoms with Gasteiger partial charge >= 0.3 is 5.97 Å². The number of esters is 1. The zero-order valence-electron chi connectivity index (χ0n) is 13.2. The minimum Gasteiger partial charge on any atom is -0.455 e. The van der Waals surface area contributed by atoms with E-state index >= 15 is 0 Å². The van der Waals surface area contributed by atoms with Crippen molar-refractivity contribution >= 4 is 39.6 Å². The number of rotatable bonds is 7. The van der Waals surface area contributed by atoms with Gasteiger partial charge in [-0.1, -0.05) is 46.3 Å². The molecule has 0 unspecified atom stereocenters. The Hall–Kier alpha value is -1.79. The van der Waals surface area contributed by atoms with Crippen LogP contribution in [0.2, 0.25) is 0 Å². The monoisotopic (exact) mass is 407 g/mol. The van der Waals surface area contributed by atoms with Crippen molar-refractivity contribution in [2.45, 2.75) is 17.9 Å². The molecule has 0 aliphatic carbocycles. The number of hydrogen-bond acceptors (Lipinski definition) is 4. The molecule has 2 aromatic carbocycles. The van der Waals surface area contributed by atoms with Crippen LogP contribution >= 0.6 is 27.7 Å². The fourth-order valence-corrected chi connectivity index (χ4v) is 2.93. The van der Waals surface area contributed by atoms with Crippen LogP contribution in [0.3, 0.4) is 0 Å². The number of benzene rings is 2. The molecule has 0 aromatic heterocycles. The zero-order chi connectivity index (χ0) is 17.4. The highest BCUT2D eigenvalue weighted by molar-refractivity contribution is 9.10. The summed E-state index contributed by atoms with van der Waals surface area (Å²) in [4.78, 5) is 24.5. The summed E-state index contributed by atoms with van der Waals surface area (Å²) in [6.07, 6.45) is 0. The summed E-state index contributed by atoms with van der Waals surface area (Å²) in [6.45, 7) is 1.62. The normalized spacial score (nSPS) is 11.6. The summed E-state index contributed by atoms with van der Waals surface area (Å²) >= 11 is 4.73. The first-order chi connectivity index (χ1) is 11.5. The van der Waals surface area contributed by atoms with Gasteiger partial charge in [0.25, 0.3) is 5.91 Å². The maximum atomic E-state index is 11.8. The predicted octanol–water partition coefficient (Wildman–Crippen LogP) is 3.96. The third-order valence-corrected chi connectivity index (χ3v) is 4.73. The Kier molecular flexibility index (Phi) is 7.34. The summed E-state index contributed by atoms with van der Waals surface area (Å²) < 4.78 is 5.99. The van der Waals surface area contributed by atoms with Crippen molar-refractivity contribution in [2.24, 2.45) is 0 Å². The van der Waals surface area contributed by atoms with Gasteiger partial charge < -0.3 is 10.1 Å². The fourth-order valence-electron chi connectivity index (χ4n) is 1.97. The van der Waals surface area contributed by atoms with E-state index in [2.05, 4.69) is 21.2 Å². The number of amides is 1. The van der Waals surface area contributed by atoms with Crippen molar-refractivity contribution in [3.8, 4) is 0 Å². The maximum absolute atomic E-state index is 11.8. The van der Waals surface area contributed by atoms with Gasteiger partial charge in [0.05, 0.1) is 11.8 Å². The van der Waals surface area contributed by atoms with Gasteiger partial charge in [0, 0.05) is 9.37 Å². The molecule has 2 rings (SSSR count). The van der Waals surface area contributed by atoms with Crippen molar-refractivity contribution in [3.63, 3.8) is 0 Å². The molecule has 0 radical (unpaired) electrons. The second kappa shape index (κ2) is 9.49. The summed E-state index contributed by atoms with van der Waals surface area (Å²) in [5.41, 5.74) is 1.00. The molecule has 4 nitrogen and oxygen atoms in total.